The quantitative estimate of drug-likeness (QED) is 0.567. The third-order valence-corrected chi connectivity index (χ3v) is 5.56. The topological polar surface area (TPSA) is 84.5 Å². The lowest BCUT2D eigenvalue weighted by molar-refractivity contribution is 0.0950. The molecule has 0 saturated carbocycles. The molecule has 0 aliphatic heterocycles. The van der Waals surface area contributed by atoms with Gasteiger partial charge in [-0.05, 0) is 61.9 Å². The molecule has 0 fully saturated rings. The number of hydrogen-bond acceptors (Lipinski definition) is 4. The van der Waals surface area contributed by atoms with E-state index in [1.165, 1.54) is 12.1 Å². The SMILES string of the molecule is CC(C)Oc1ccc(CNC(=O)c2cccc(S(=O)(=O)Nc3ccccc3)c2)cc1. The summed E-state index contributed by atoms with van der Waals surface area (Å²) in [5, 5.41) is 2.81. The third kappa shape index (κ3) is 5.84. The van der Waals surface area contributed by atoms with Gasteiger partial charge in [0.15, 0.2) is 0 Å². The number of benzene rings is 3. The van der Waals surface area contributed by atoms with Gasteiger partial charge in [0.1, 0.15) is 5.75 Å². The molecular formula is C23H24N2O4S. The van der Waals surface area contributed by atoms with Crippen LogP contribution in [-0.2, 0) is 16.6 Å². The van der Waals surface area contributed by atoms with E-state index in [9.17, 15) is 13.2 Å². The van der Waals surface area contributed by atoms with Crippen molar-refractivity contribution in [3.63, 3.8) is 0 Å². The van der Waals surface area contributed by atoms with Gasteiger partial charge in [-0.25, -0.2) is 8.42 Å². The first-order valence-electron chi connectivity index (χ1n) is 9.55. The second kappa shape index (κ2) is 9.45. The van der Waals surface area contributed by atoms with Gasteiger partial charge in [0.05, 0.1) is 11.0 Å². The predicted molar refractivity (Wildman–Crippen MR) is 117 cm³/mol. The molecule has 3 rings (SSSR count). The van der Waals surface area contributed by atoms with Crippen molar-refractivity contribution in [2.45, 2.75) is 31.4 Å². The number of nitrogens with one attached hydrogen (secondary N) is 2. The fourth-order valence-corrected chi connectivity index (χ4v) is 3.87. The van der Waals surface area contributed by atoms with E-state index in [1.54, 1.807) is 42.5 Å². The minimum Gasteiger partial charge on any atom is -0.491 e. The molecule has 156 valence electrons. The molecule has 0 unspecified atom stereocenters. The van der Waals surface area contributed by atoms with Gasteiger partial charge in [0.25, 0.3) is 15.9 Å². The summed E-state index contributed by atoms with van der Waals surface area (Å²) in [7, 11) is -3.80. The van der Waals surface area contributed by atoms with Gasteiger partial charge >= 0.3 is 0 Å². The van der Waals surface area contributed by atoms with E-state index in [2.05, 4.69) is 10.0 Å². The van der Waals surface area contributed by atoms with Gasteiger partial charge in [-0.1, -0.05) is 36.4 Å². The Balaban J connectivity index is 1.65. The van der Waals surface area contributed by atoms with Crippen LogP contribution < -0.4 is 14.8 Å². The van der Waals surface area contributed by atoms with E-state index in [0.29, 0.717) is 12.2 Å². The van der Waals surface area contributed by atoms with Crippen molar-refractivity contribution in [2.75, 3.05) is 4.72 Å². The van der Waals surface area contributed by atoms with E-state index in [4.69, 9.17) is 4.74 Å². The Morgan fingerprint density at radius 3 is 2.30 bits per heavy atom. The fourth-order valence-electron chi connectivity index (χ4n) is 2.77. The Labute approximate surface area is 177 Å². The van der Waals surface area contributed by atoms with E-state index in [0.717, 1.165) is 11.3 Å². The number of anilines is 1. The zero-order valence-electron chi connectivity index (χ0n) is 16.8. The van der Waals surface area contributed by atoms with Crippen molar-refractivity contribution >= 4 is 21.6 Å². The van der Waals surface area contributed by atoms with Crippen LogP contribution in [0.25, 0.3) is 0 Å². The average molecular weight is 425 g/mol. The van der Waals surface area contributed by atoms with Crippen LogP contribution in [0.1, 0.15) is 29.8 Å². The number of carbonyl (C=O) groups excluding carboxylic acids is 1. The molecule has 0 bridgehead atoms. The number of rotatable bonds is 8. The summed E-state index contributed by atoms with van der Waals surface area (Å²) < 4.78 is 33.3. The summed E-state index contributed by atoms with van der Waals surface area (Å²) in [5.41, 5.74) is 1.64. The monoisotopic (exact) mass is 424 g/mol. The van der Waals surface area contributed by atoms with E-state index >= 15 is 0 Å². The van der Waals surface area contributed by atoms with E-state index < -0.39 is 10.0 Å². The lowest BCUT2D eigenvalue weighted by Crippen LogP contribution is -2.23. The summed E-state index contributed by atoms with van der Waals surface area (Å²) >= 11 is 0. The van der Waals surface area contributed by atoms with Gasteiger partial charge in [-0.3, -0.25) is 9.52 Å². The normalized spacial score (nSPS) is 11.2. The van der Waals surface area contributed by atoms with Crippen LogP contribution in [0.2, 0.25) is 0 Å². The molecule has 0 aliphatic carbocycles. The Hall–Kier alpha value is -3.32. The summed E-state index contributed by atoms with van der Waals surface area (Å²) in [5.74, 6) is 0.415. The molecule has 1 amide bonds. The zero-order valence-corrected chi connectivity index (χ0v) is 17.6. The van der Waals surface area contributed by atoms with Gasteiger partial charge in [-0.2, -0.15) is 0 Å². The fraction of sp³-hybridized carbons (Fsp3) is 0.174. The van der Waals surface area contributed by atoms with Crippen molar-refractivity contribution in [3.8, 4) is 5.75 Å². The van der Waals surface area contributed by atoms with Gasteiger partial charge in [0.2, 0.25) is 0 Å². The highest BCUT2D eigenvalue weighted by atomic mass is 32.2. The highest BCUT2D eigenvalue weighted by molar-refractivity contribution is 7.92. The molecule has 30 heavy (non-hydrogen) atoms. The smallest absolute Gasteiger partial charge is 0.261 e. The molecule has 6 nitrogen and oxygen atoms in total. The van der Waals surface area contributed by atoms with E-state index in [1.807, 2.05) is 38.1 Å². The molecule has 3 aromatic rings. The molecule has 0 heterocycles. The minimum absolute atomic E-state index is 0.0224. The summed E-state index contributed by atoms with van der Waals surface area (Å²) in [4.78, 5) is 12.5. The molecule has 0 atom stereocenters. The Morgan fingerprint density at radius 2 is 1.63 bits per heavy atom. The van der Waals surface area contributed by atoms with Crippen LogP contribution in [0, 0.1) is 0 Å². The highest BCUT2D eigenvalue weighted by Crippen LogP contribution is 2.17. The van der Waals surface area contributed by atoms with E-state index in [-0.39, 0.29) is 22.5 Å². The second-order valence-corrected chi connectivity index (χ2v) is 8.67. The first-order chi connectivity index (χ1) is 14.3. The van der Waals surface area contributed by atoms with Gasteiger partial charge < -0.3 is 10.1 Å². The molecule has 0 aliphatic rings. The van der Waals surface area contributed by atoms with Crippen LogP contribution in [0.4, 0.5) is 5.69 Å². The molecule has 0 spiro atoms. The Bertz CT molecular complexity index is 1100. The van der Waals surface area contributed by atoms with Crippen molar-refractivity contribution < 1.29 is 17.9 Å². The number of carbonyl (C=O) groups is 1. The van der Waals surface area contributed by atoms with Crippen molar-refractivity contribution in [2.24, 2.45) is 0 Å². The average Bonchev–Trinajstić information content (AvgIpc) is 2.73. The Kier molecular flexibility index (Phi) is 6.74. The standard InChI is InChI=1S/C23H24N2O4S/c1-17(2)29-21-13-11-18(12-14-21)16-24-23(26)19-7-6-10-22(15-19)30(27,28)25-20-8-4-3-5-9-20/h3-15,17,25H,16H2,1-2H3,(H,24,26). The van der Waals surface area contributed by atoms with Crippen molar-refractivity contribution in [3.05, 3.63) is 90.0 Å². The molecule has 2 N–H and O–H groups in total. The number of ether oxygens (including phenoxy) is 1. The first kappa shape index (κ1) is 21.4. The molecule has 0 saturated heterocycles. The number of hydrogen-bond donors (Lipinski definition) is 2. The number of sulfonamides is 1. The molecule has 0 radical (unpaired) electrons. The van der Waals surface area contributed by atoms with Crippen LogP contribution in [0.15, 0.2) is 83.8 Å². The predicted octanol–water partition coefficient (Wildman–Crippen LogP) is 4.20. The van der Waals surface area contributed by atoms with Crippen molar-refractivity contribution in [1.82, 2.24) is 5.32 Å². The minimum atomic E-state index is -3.80. The summed E-state index contributed by atoms with van der Waals surface area (Å²) in [6.07, 6.45) is 0.0930. The molecular weight excluding hydrogens is 400 g/mol. The maximum Gasteiger partial charge on any atom is 0.261 e. The summed E-state index contributed by atoms with van der Waals surface area (Å²) in [6.45, 7) is 4.23. The molecule has 7 heteroatoms. The maximum absolute atomic E-state index is 12.6. The molecule has 3 aromatic carbocycles. The zero-order chi connectivity index (χ0) is 21.6. The molecule has 0 aromatic heterocycles. The Morgan fingerprint density at radius 1 is 0.933 bits per heavy atom. The summed E-state index contributed by atoms with van der Waals surface area (Å²) in [6, 6.07) is 22.0. The highest BCUT2D eigenvalue weighted by Gasteiger charge is 2.16. The lowest BCUT2D eigenvalue weighted by atomic mass is 10.2. The van der Waals surface area contributed by atoms with Crippen LogP contribution in [0.5, 0.6) is 5.75 Å². The largest absolute Gasteiger partial charge is 0.491 e. The number of amides is 1. The first-order valence-corrected chi connectivity index (χ1v) is 11.0. The third-order valence-electron chi connectivity index (χ3n) is 4.18. The van der Waals surface area contributed by atoms with Crippen LogP contribution in [0.3, 0.4) is 0 Å². The van der Waals surface area contributed by atoms with Crippen LogP contribution in [-0.4, -0.2) is 20.4 Å². The maximum atomic E-state index is 12.6. The second-order valence-electron chi connectivity index (χ2n) is 6.99. The van der Waals surface area contributed by atoms with Crippen molar-refractivity contribution in [1.29, 1.82) is 0 Å². The lowest BCUT2D eigenvalue weighted by Gasteiger charge is -2.11. The number of para-hydroxylation sites is 1. The van der Waals surface area contributed by atoms with Gasteiger partial charge in [0, 0.05) is 17.8 Å². The van der Waals surface area contributed by atoms with Crippen LogP contribution >= 0.6 is 0 Å². The van der Waals surface area contributed by atoms with Gasteiger partial charge in [-0.15, -0.1) is 0 Å².